The molecular weight excluding hydrogens is 582 g/mol. The molecule has 1 amide bonds. The van der Waals surface area contributed by atoms with Crippen LogP contribution < -0.4 is 9.47 Å². The smallest absolute Gasteiger partial charge is 0.306 e. The number of rotatable bonds is 3. The number of hydrogen-bond donors (Lipinski definition) is 0. The number of ether oxygens (including phenoxy) is 3. The molecule has 6 rings (SSSR count). The zero-order valence-corrected chi connectivity index (χ0v) is 27.3. The number of aromatic nitrogens is 2. The lowest BCUT2D eigenvalue weighted by Crippen LogP contribution is -2.46. The van der Waals surface area contributed by atoms with Crippen molar-refractivity contribution in [2.75, 3.05) is 13.7 Å². The van der Waals surface area contributed by atoms with E-state index < -0.39 is 29.4 Å². The van der Waals surface area contributed by atoms with E-state index >= 15 is 0 Å². The maximum Gasteiger partial charge on any atom is 0.306 e. The topological polar surface area (TPSA) is 108 Å². The van der Waals surface area contributed by atoms with Crippen LogP contribution in [0.3, 0.4) is 0 Å². The summed E-state index contributed by atoms with van der Waals surface area (Å²) in [5.41, 5.74) is 2.53. The minimum Gasteiger partial charge on any atom is -0.497 e. The highest BCUT2D eigenvalue weighted by Crippen LogP contribution is 2.42. The average molecular weight is 628 g/mol. The first kappa shape index (κ1) is 32.0. The Morgan fingerprint density at radius 2 is 1.72 bits per heavy atom. The van der Waals surface area contributed by atoms with Crippen LogP contribution >= 0.6 is 0 Å². The summed E-state index contributed by atoms with van der Waals surface area (Å²) in [4.78, 5) is 52.1. The van der Waals surface area contributed by atoms with Crippen LogP contribution in [0, 0.1) is 17.3 Å². The minimum atomic E-state index is -0.781. The van der Waals surface area contributed by atoms with E-state index in [1.807, 2.05) is 69.3 Å². The fourth-order valence-electron chi connectivity index (χ4n) is 7.09. The summed E-state index contributed by atoms with van der Waals surface area (Å²) in [6.07, 6.45) is 6.93. The number of aryl methyl sites for hydroxylation is 1. The molecule has 2 fully saturated rings. The van der Waals surface area contributed by atoms with Crippen molar-refractivity contribution in [3.8, 4) is 11.6 Å². The molecule has 0 N–H and O–H groups in total. The largest absolute Gasteiger partial charge is 0.497 e. The second-order valence-corrected chi connectivity index (χ2v) is 14.1. The Balaban J connectivity index is 1.41. The van der Waals surface area contributed by atoms with Gasteiger partial charge in [0.25, 0.3) is 0 Å². The molecule has 1 aliphatic carbocycles. The zero-order chi connectivity index (χ0) is 32.4. The molecular formula is C37H45N3O6. The van der Waals surface area contributed by atoms with Crippen molar-refractivity contribution in [2.45, 2.75) is 96.3 Å². The first-order valence-corrected chi connectivity index (χ1v) is 16.7. The van der Waals surface area contributed by atoms with E-state index in [2.05, 4.69) is 0 Å². The lowest BCUT2D eigenvalue weighted by atomic mass is 9.77. The third-order valence-corrected chi connectivity index (χ3v) is 9.88. The summed E-state index contributed by atoms with van der Waals surface area (Å²) in [5.74, 6) is -0.218. The highest BCUT2D eigenvalue weighted by atomic mass is 16.5. The number of hydrogen-bond acceptors (Lipinski definition) is 8. The summed E-state index contributed by atoms with van der Waals surface area (Å²) in [6, 6.07) is 14.5. The number of aldehydes is 1. The second-order valence-electron chi connectivity index (χ2n) is 14.1. The van der Waals surface area contributed by atoms with Gasteiger partial charge in [0, 0.05) is 6.07 Å². The maximum absolute atomic E-state index is 14.4. The van der Waals surface area contributed by atoms with Gasteiger partial charge in [-0.3, -0.25) is 9.59 Å². The molecule has 3 aromatic rings. The predicted octanol–water partition coefficient (Wildman–Crippen LogP) is 6.07. The lowest BCUT2D eigenvalue weighted by molar-refractivity contribution is -0.153. The normalized spacial score (nSPS) is 27.7. The Morgan fingerprint density at radius 3 is 2.46 bits per heavy atom. The van der Waals surface area contributed by atoms with Gasteiger partial charge < -0.3 is 23.9 Å². The van der Waals surface area contributed by atoms with Crippen molar-refractivity contribution >= 4 is 29.2 Å². The number of benzene rings is 2. The van der Waals surface area contributed by atoms with Gasteiger partial charge in [-0.2, -0.15) is 0 Å². The van der Waals surface area contributed by atoms with Crippen LogP contribution in [0.2, 0.25) is 0 Å². The van der Waals surface area contributed by atoms with E-state index in [4.69, 9.17) is 24.2 Å². The highest BCUT2D eigenvalue weighted by molar-refractivity contribution is 5.87. The van der Waals surface area contributed by atoms with Gasteiger partial charge in [-0.05, 0) is 54.7 Å². The van der Waals surface area contributed by atoms with Crippen LogP contribution in [0.4, 0.5) is 0 Å². The number of amides is 1. The van der Waals surface area contributed by atoms with Crippen LogP contribution in [0.25, 0.3) is 11.0 Å². The number of methoxy groups -OCH3 is 1. The Bertz CT molecular complexity index is 1570. The monoisotopic (exact) mass is 627 g/mol. The summed E-state index contributed by atoms with van der Waals surface area (Å²) in [7, 11) is 1.61. The van der Waals surface area contributed by atoms with Crippen LogP contribution in [-0.2, 0) is 25.5 Å². The standard InChI is InChI=1S/C37H45N3O6/c1-37(2,3)26-20-33(42)45-31-18-24(31)14-8-5-6-11-15-28-35(39-29-19-25(44-4)16-17-27(29)38-28)46-32-21-40(36(26)43)30(22-41)34(32)23-12-9-7-10-13-23/h7,9-10,12-13,16-17,19,22,24,26,30-32,34H,5-6,8,11,14-15,18,20-21H2,1-4H3/t24-,26-,30-,31-,32+,34+/m1/s1. The third-order valence-electron chi connectivity index (χ3n) is 9.88. The number of nitrogens with zero attached hydrogens (tertiary/aromatic N) is 3. The van der Waals surface area contributed by atoms with Crippen LogP contribution in [0.15, 0.2) is 48.5 Å². The molecule has 2 aliphatic heterocycles. The van der Waals surface area contributed by atoms with Crippen molar-refractivity contribution in [2.24, 2.45) is 17.3 Å². The van der Waals surface area contributed by atoms with E-state index in [9.17, 15) is 14.4 Å². The fourth-order valence-corrected chi connectivity index (χ4v) is 7.09. The van der Waals surface area contributed by atoms with Gasteiger partial charge >= 0.3 is 5.97 Å². The Hall–Kier alpha value is -4.01. The first-order valence-electron chi connectivity index (χ1n) is 16.7. The lowest BCUT2D eigenvalue weighted by Gasteiger charge is -2.34. The van der Waals surface area contributed by atoms with Crippen LogP contribution in [0.5, 0.6) is 11.6 Å². The second kappa shape index (κ2) is 13.4. The molecule has 0 spiro atoms. The molecule has 3 heterocycles. The van der Waals surface area contributed by atoms with E-state index in [-0.39, 0.29) is 30.9 Å². The van der Waals surface area contributed by atoms with Gasteiger partial charge in [0.2, 0.25) is 11.8 Å². The maximum atomic E-state index is 14.4. The Labute approximate surface area is 271 Å². The van der Waals surface area contributed by atoms with Gasteiger partial charge in [-0.1, -0.05) is 70.4 Å². The summed E-state index contributed by atoms with van der Waals surface area (Å²) >= 11 is 0. The molecule has 3 aliphatic rings. The number of carbonyl (C=O) groups is 3. The van der Waals surface area contributed by atoms with E-state index in [0.717, 1.165) is 61.6 Å². The van der Waals surface area contributed by atoms with Gasteiger partial charge in [-0.15, -0.1) is 0 Å². The van der Waals surface area contributed by atoms with E-state index in [0.29, 0.717) is 29.5 Å². The van der Waals surface area contributed by atoms with Gasteiger partial charge in [0.15, 0.2) is 0 Å². The molecule has 0 unspecified atom stereocenters. The molecule has 2 aromatic carbocycles. The van der Waals surface area contributed by atoms with E-state index in [1.165, 1.54) is 0 Å². The summed E-state index contributed by atoms with van der Waals surface area (Å²) in [6.45, 7) is 6.04. The third kappa shape index (κ3) is 6.88. The Morgan fingerprint density at radius 1 is 0.935 bits per heavy atom. The number of carbonyl (C=O) groups excluding carboxylic acids is 3. The molecule has 6 atom stereocenters. The minimum absolute atomic E-state index is 0.0305. The zero-order valence-electron chi connectivity index (χ0n) is 27.3. The van der Waals surface area contributed by atoms with Crippen LogP contribution in [0.1, 0.15) is 82.9 Å². The van der Waals surface area contributed by atoms with Gasteiger partial charge in [0.05, 0.1) is 49.0 Å². The molecule has 46 heavy (non-hydrogen) atoms. The fraction of sp³-hybridized carbons (Fsp3) is 0.541. The van der Waals surface area contributed by atoms with E-state index in [1.54, 1.807) is 12.0 Å². The SMILES string of the molecule is COc1ccc2nc3c(nc2c1)O[C@H]1CN(C(=O)[C@H](C(C)(C)C)CC(=O)O[C@@H]2C[C@H]2CCCCCC3)[C@H](C=O)[C@@H]1c1ccccc1. The van der Waals surface area contributed by atoms with Gasteiger partial charge in [-0.25, -0.2) is 9.97 Å². The van der Waals surface area contributed by atoms with Crippen molar-refractivity contribution < 1.29 is 28.6 Å². The molecule has 1 aromatic heterocycles. The first-order chi connectivity index (χ1) is 22.2. The highest BCUT2D eigenvalue weighted by Gasteiger charge is 2.50. The summed E-state index contributed by atoms with van der Waals surface area (Å²) in [5, 5.41) is 0. The molecule has 9 heteroatoms. The molecule has 244 valence electrons. The predicted molar refractivity (Wildman–Crippen MR) is 174 cm³/mol. The summed E-state index contributed by atoms with van der Waals surface area (Å²) < 4.78 is 18.1. The number of fused-ring (bicyclic) bond motifs is 5. The molecule has 1 saturated heterocycles. The van der Waals surface area contributed by atoms with Gasteiger partial charge in [0.1, 0.15) is 29.9 Å². The average Bonchev–Trinajstić information content (AvgIpc) is 3.67. The molecule has 1 saturated carbocycles. The van der Waals surface area contributed by atoms with Crippen molar-refractivity contribution in [1.82, 2.24) is 14.9 Å². The van der Waals surface area contributed by atoms with Crippen molar-refractivity contribution in [3.63, 3.8) is 0 Å². The molecule has 9 nitrogen and oxygen atoms in total. The van der Waals surface area contributed by atoms with Crippen molar-refractivity contribution in [1.29, 1.82) is 0 Å². The van der Waals surface area contributed by atoms with Crippen LogP contribution in [-0.4, -0.2) is 64.9 Å². The van der Waals surface area contributed by atoms with Crippen molar-refractivity contribution in [3.05, 3.63) is 59.8 Å². The number of esters is 1. The Kier molecular flexibility index (Phi) is 9.29. The molecule has 2 bridgehead atoms. The quantitative estimate of drug-likeness (QED) is 0.254. The molecule has 0 radical (unpaired) electrons.